The summed E-state index contributed by atoms with van der Waals surface area (Å²) in [5.74, 6) is 5.16. The molecule has 4 nitrogen and oxygen atoms in total. The highest BCUT2D eigenvalue weighted by Gasteiger charge is 2.15. The molecular formula is C12H14ClFN4. The number of nitrogens with one attached hydrogen (secondary N) is 1. The summed E-state index contributed by atoms with van der Waals surface area (Å²) in [4.78, 5) is 4.20. The molecule has 18 heavy (non-hydrogen) atoms. The van der Waals surface area contributed by atoms with Crippen molar-refractivity contribution in [2.45, 2.75) is 12.5 Å². The van der Waals surface area contributed by atoms with Crippen LogP contribution in [0.5, 0.6) is 0 Å². The van der Waals surface area contributed by atoms with Gasteiger partial charge in [-0.15, -0.1) is 0 Å². The number of hydrogen-bond donors (Lipinski definition) is 2. The molecule has 0 aliphatic carbocycles. The van der Waals surface area contributed by atoms with Gasteiger partial charge in [0.15, 0.2) is 0 Å². The molecule has 0 bridgehead atoms. The SMILES string of the molecule is Cn1cnc(C(Cc2ccc(Cl)cc2F)NN)c1. The highest BCUT2D eigenvalue weighted by molar-refractivity contribution is 6.30. The monoisotopic (exact) mass is 268 g/mol. The van der Waals surface area contributed by atoms with Crippen molar-refractivity contribution in [3.8, 4) is 0 Å². The average molecular weight is 269 g/mol. The van der Waals surface area contributed by atoms with Gasteiger partial charge in [0.25, 0.3) is 0 Å². The molecule has 1 atom stereocenters. The smallest absolute Gasteiger partial charge is 0.127 e. The van der Waals surface area contributed by atoms with Crippen molar-refractivity contribution in [1.82, 2.24) is 15.0 Å². The molecule has 1 aromatic heterocycles. The first kappa shape index (κ1) is 13.0. The van der Waals surface area contributed by atoms with E-state index < -0.39 is 0 Å². The van der Waals surface area contributed by atoms with Crippen LogP contribution in [0, 0.1) is 5.82 Å². The fraction of sp³-hybridized carbons (Fsp3) is 0.250. The van der Waals surface area contributed by atoms with Crippen LogP contribution in [0.2, 0.25) is 5.02 Å². The Morgan fingerprint density at radius 2 is 2.33 bits per heavy atom. The summed E-state index contributed by atoms with van der Waals surface area (Å²) in [5.41, 5.74) is 3.97. The third-order valence-corrected chi connectivity index (χ3v) is 2.96. The molecule has 3 N–H and O–H groups in total. The first-order chi connectivity index (χ1) is 8.60. The van der Waals surface area contributed by atoms with Crippen LogP contribution in [0.1, 0.15) is 17.3 Å². The summed E-state index contributed by atoms with van der Waals surface area (Å²) in [6.45, 7) is 0. The predicted molar refractivity (Wildman–Crippen MR) is 68.4 cm³/mol. The van der Waals surface area contributed by atoms with Crippen LogP contribution in [-0.4, -0.2) is 9.55 Å². The summed E-state index contributed by atoms with van der Waals surface area (Å²) in [6, 6.07) is 4.38. The molecule has 0 spiro atoms. The van der Waals surface area contributed by atoms with Gasteiger partial charge in [-0.2, -0.15) is 0 Å². The number of nitrogens with two attached hydrogens (primary N) is 1. The predicted octanol–water partition coefficient (Wildman–Crippen LogP) is 1.96. The van der Waals surface area contributed by atoms with Crippen molar-refractivity contribution in [2.75, 3.05) is 0 Å². The quantitative estimate of drug-likeness (QED) is 0.658. The highest BCUT2D eigenvalue weighted by atomic mass is 35.5. The van der Waals surface area contributed by atoms with Crippen LogP contribution in [0.25, 0.3) is 0 Å². The largest absolute Gasteiger partial charge is 0.340 e. The molecule has 1 aromatic carbocycles. The van der Waals surface area contributed by atoms with E-state index in [0.717, 1.165) is 5.69 Å². The molecule has 0 saturated carbocycles. The molecule has 0 amide bonds. The zero-order valence-electron chi connectivity index (χ0n) is 9.90. The molecule has 6 heteroatoms. The van der Waals surface area contributed by atoms with Crippen molar-refractivity contribution >= 4 is 11.6 Å². The van der Waals surface area contributed by atoms with Gasteiger partial charge >= 0.3 is 0 Å². The zero-order chi connectivity index (χ0) is 13.1. The van der Waals surface area contributed by atoms with Crippen LogP contribution >= 0.6 is 11.6 Å². The number of aromatic nitrogens is 2. The van der Waals surface area contributed by atoms with Gasteiger partial charge in [0, 0.05) is 18.3 Å². The van der Waals surface area contributed by atoms with E-state index in [1.54, 1.807) is 18.5 Å². The van der Waals surface area contributed by atoms with Crippen LogP contribution in [0.15, 0.2) is 30.7 Å². The summed E-state index contributed by atoms with van der Waals surface area (Å²) in [7, 11) is 1.87. The van der Waals surface area contributed by atoms with Gasteiger partial charge in [-0.25, -0.2) is 9.37 Å². The minimum atomic E-state index is -0.335. The molecule has 0 aliphatic rings. The molecule has 0 saturated heterocycles. The highest BCUT2D eigenvalue weighted by Crippen LogP contribution is 2.20. The second-order valence-corrected chi connectivity index (χ2v) is 4.56. The number of aryl methyl sites for hydroxylation is 1. The molecule has 2 rings (SSSR count). The van der Waals surface area contributed by atoms with E-state index >= 15 is 0 Å². The fourth-order valence-corrected chi connectivity index (χ4v) is 1.93. The number of hydrazine groups is 1. The van der Waals surface area contributed by atoms with E-state index in [0.29, 0.717) is 17.0 Å². The average Bonchev–Trinajstić information content (AvgIpc) is 2.75. The lowest BCUT2D eigenvalue weighted by Crippen LogP contribution is -2.30. The first-order valence-electron chi connectivity index (χ1n) is 5.48. The topological polar surface area (TPSA) is 55.9 Å². The number of benzene rings is 1. The minimum absolute atomic E-state index is 0.234. The summed E-state index contributed by atoms with van der Waals surface area (Å²) in [6.07, 6.45) is 3.94. The van der Waals surface area contributed by atoms with Crippen molar-refractivity contribution in [3.63, 3.8) is 0 Å². The number of imidazole rings is 1. The van der Waals surface area contributed by atoms with Crippen LogP contribution < -0.4 is 11.3 Å². The molecule has 0 aliphatic heterocycles. The van der Waals surface area contributed by atoms with Crippen molar-refractivity contribution in [1.29, 1.82) is 0 Å². The third-order valence-electron chi connectivity index (χ3n) is 2.72. The van der Waals surface area contributed by atoms with E-state index in [4.69, 9.17) is 17.4 Å². The van der Waals surface area contributed by atoms with Crippen molar-refractivity contribution in [2.24, 2.45) is 12.9 Å². The zero-order valence-corrected chi connectivity index (χ0v) is 10.7. The van der Waals surface area contributed by atoms with E-state index in [-0.39, 0.29) is 11.9 Å². The Bertz CT molecular complexity index is 541. The molecule has 1 unspecified atom stereocenters. The van der Waals surface area contributed by atoms with Crippen molar-refractivity contribution < 1.29 is 4.39 Å². The third kappa shape index (κ3) is 2.87. The Morgan fingerprint density at radius 1 is 1.56 bits per heavy atom. The summed E-state index contributed by atoms with van der Waals surface area (Å²) in [5, 5.41) is 0.381. The van der Waals surface area contributed by atoms with Gasteiger partial charge in [0.1, 0.15) is 5.82 Å². The first-order valence-corrected chi connectivity index (χ1v) is 5.86. The van der Waals surface area contributed by atoms with Gasteiger partial charge in [-0.1, -0.05) is 17.7 Å². The maximum absolute atomic E-state index is 13.7. The molecule has 96 valence electrons. The lowest BCUT2D eigenvalue weighted by atomic mass is 10.0. The Balaban J connectivity index is 2.20. The normalized spacial score (nSPS) is 12.7. The molecule has 2 aromatic rings. The van der Waals surface area contributed by atoms with Gasteiger partial charge in [-0.3, -0.25) is 11.3 Å². The minimum Gasteiger partial charge on any atom is -0.340 e. The van der Waals surface area contributed by atoms with Gasteiger partial charge in [0.2, 0.25) is 0 Å². The number of rotatable bonds is 4. The van der Waals surface area contributed by atoms with E-state index in [9.17, 15) is 4.39 Å². The molecule has 0 radical (unpaired) electrons. The lowest BCUT2D eigenvalue weighted by molar-refractivity contribution is 0.520. The molecule has 1 heterocycles. The number of halogens is 2. The van der Waals surface area contributed by atoms with Crippen LogP contribution in [-0.2, 0) is 13.5 Å². The fourth-order valence-electron chi connectivity index (χ4n) is 1.77. The standard InChI is InChI=1S/C12H14ClFN4/c1-18-6-12(16-7-18)11(17-15)4-8-2-3-9(13)5-10(8)14/h2-3,5-7,11,17H,4,15H2,1H3. The van der Waals surface area contributed by atoms with Crippen LogP contribution in [0.3, 0.4) is 0 Å². The second kappa shape index (κ2) is 5.48. The molecule has 0 fully saturated rings. The van der Waals surface area contributed by atoms with Crippen LogP contribution in [0.4, 0.5) is 4.39 Å². The van der Waals surface area contributed by atoms with E-state index in [1.807, 2.05) is 17.8 Å². The Morgan fingerprint density at radius 3 is 2.89 bits per heavy atom. The van der Waals surface area contributed by atoms with E-state index in [1.165, 1.54) is 6.07 Å². The van der Waals surface area contributed by atoms with E-state index in [2.05, 4.69) is 10.4 Å². The Hall–Kier alpha value is -1.43. The van der Waals surface area contributed by atoms with Gasteiger partial charge < -0.3 is 4.57 Å². The maximum atomic E-state index is 13.7. The Kier molecular flexibility index (Phi) is 3.96. The summed E-state index contributed by atoms with van der Waals surface area (Å²) < 4.78 is 15.5. The molecular weight excluding hydrogens is 255 g/mol. The number of hydrogen-bond acceptors (Lipinski definition) is 3. The van der Waals surface area contributed by atoms with Gasteiger partial charge in [-0.05, 0) is 24.1 Å². The Labute approximate surface area is 110 Å². The number of nitrogens with zero attached hydrogens (tertiary/aromatic N) is 2. The maximum Gasteiger partial charge on any atom is 0.127 e. The van der Waals surface area contributed by atoms with Crippen molar-refractivity contribution in [3.05, 3.63) is 52.8 Å². The lowest BCUT2D eigenvalue weighted by Gasteiger charge is -2.14. The van der Waals surface area contributed by atoms with Gasteiger partial charge in [0.05, 0.1) is 18.1 Å². The summed E-state index contributed by atoms with van der Waals surface area (Å²) >= 11 is 5.71. The second-order valence-electron chi connectivity index (χ2n) is 4.12.